The second kappa shape index (κ2) is 8.79. The number of ether oxygens (including phenoxy) is 1. The molecule has 4 rings (SSSR count). The predicted molar refractivity (Wildman–Crippen MR) is 121 cm³/mol. The lowest BCUT2D eigenvalue weighted by molar-refractivity contribution is 0.100. The number of aromatic nitrogens is 1. The highest BCUT2D eigenvalue weighted by atomic mass is 16.5. The van der Waals surface area contributed by atoms with Gasteiger partial charge in [-0.1, -0.05) is 6.07 Å². The van der Waals surface area contributed by atoms with E-state index in [1.54, 1.807) is 13.2 Å². The monoisotopic (exact) mass is 406 g/mol. The maximum atomic E-state index is 11.6. The van der Waals surface area contributed by atoms with Crippen molar-refractivity contribution in [3.05, 3.63) is 59.8 Å². The number of methoxy groups -OCH3 is 1. The number of carbonyl (C=O) groups is 1. The molecule has 2 heterocycles. The first-order valence-corrected chi connectivity index (χ1v) is 10.6. The number of anilines is 1. The molecule has 158 valence electrons. The van der Waals surface area contributed by atoms with Gasteiger partial charge in [-0.2, -0.15) is 0 Å². The summed E-state index contributed by atoms with van der Waals surface area (Å²) in [5, 5.41) is 1.15. The highest BCUT2D eigenvalue weighted by Crippen LogP contribution is 2.29. The Balaban J connectivity index is 1.33. The molecular formula is C24H30N4O2. The van der Waals surface area contributed by atoms with Crippen LogP contribution in [0.15, 0.2) is 48.7 Å². The van der Waals surface area contributed by atoms with Crippen LogP contribution in [0, 0.1) is 0 Å². The largest absolute Gasteiger partial charge is 0.496 e. The fourth-order valence-corrected chi connectivity index (χ4v) is 4.53. The third-order valence-electron chi connectivity index (χ3n) is 6.18. The Labute approximate surface area is 177 Å². The number of fused-ring (bicyclic) bond motifs is 1. The van der Waals surface area contributed by atoms with Gasteiger partial charge in [0.25, 0.3) is 0 Å². The summed E-state index contributed by atoms with van der Waals surface area (Å²) in [4.78, 5) is 14.1. The second-order valence-corrected chi connectivity index (χ2v) is 8.11. The summed E-state index contributed by atoms with van der Waals surface area (Å²) in [6, 6.07) is 14.1. The van der Waals surface area contributed by atoms with Gasteiger partial charge >= 0.3 is 0 Å². The van der Waals surface area contributed by atoms with Crippen molar-refractivity contribution >= 4 is 22.5 Å². The molecule has 0 unspecified atom stereocenters. The van der Waals surface area contributed by atoms with E-state index in [9.17, 15) is 4.79 Å². The molecule has 1 aliphatic heterocycles. The summed E-state index contributed by atoms with van der Waals surface area (Å²) in [6.07, 6.45) is 6.39. The first-order chi connectivity index (χ1) is 14.5. The maximum Gasteiger partial charge on any atom is 0.248 e. The number of nitrogens with zero attached hydrogens (tertiary/aromatic N) is 2. The van der Waals surface area contributed by atoms with Crippen molar-refractivity contribution in [2.45, 2.75) is 31.7 Å². The van der Waals surface area contributed by atoms with Gasteiger partial charge in [0.2, 0.25) is 5.91 Å². The van der Waals surface area contributed by atoms with Crippen molar-refractivity contribution in [1.82, 2.24) is 9.47 Å². The third-order valence-corrected chi connectivity index (χ3v) is 6.18. The average molecular weight is 407 g/mol. The fourth-order valence-electron chi connectivity index (χ4n) is 4.53. The minimum atomic E-state index is -0.378. The number of nitrogens with two attached hydrogens (primary N) is 2. The molecule has 1 saturated heterocycles. The number of piperidine rings is 1. The fraction of sp³-hybridized carbons (Fsp3) is 0.375. The zero-order chi connectivity index (χ0) is 21.1. The molecule has 6 nitrogen and oxygen atoms in total. The van der Waals surface area contributed by atoms with E-state index in [0.29, 0.717) is 11.6 Å². The molecule has 4 N–H and O–H groups in total. The number of hydrogen-bond acceptors (Lipinski definition) is 4. The Hall–Kier alpha value is -2.99. The Kier molecular flexibility index (Phi) is 5.95. The molecule has 6 heteroatoms. The van der Waals surface area contributed by atoms with Crippen LogP contribution in [0.2, 0.25) is 0 Å². The molecule has 1 amide bonds. The van der Waals surface area contributed by atoms with Gasteiger partial charge in [0, 0.05) is 42.1 Å². The lowest BCUT2D eigenvalue weighted by atomic mass is 10.0. The smallest absolute Gasteiger partial charge is 0.248 e. The van der Waals surface area contributed by atoms with E-state index >= 15 is 0 Å². The third kappa shape index (κ3) is 4.28. The van der Waals surface area contributed by atoms with E-state index in [0.717, 1.165) is 67.7 Å². The molecule has 3 aromatic rings. The van der Waals surface area contributed by atoms with E-state index in [4.69, 9.17) is 16.2 Å². The summed E-state index contributed by atoms with van der Waals surface area (Å²) in [5.74, 6) is 0.536. The van der Waals surface area contributed by atoms with Gasteiger partial charge in [0.05, 0.1) is 7.11 Å². The number of amides is 1. The van der Waals surface area contributed by atoms with Gasteiger partial charge < -0.3 is 25.7 Å². The average Bonchev–Trinajstić information content (AvgIpc) is 3.18. The molecule has 2 aromatic carbocycles. The van der Waals surface area contributed by atoms with Crippen LogP contribution < -0.4 is 16.2 Å². The summed E-state index contributed by atoms with van der Waals surface area (Å²) >= 11 is 0. The molecule has 0 spiro atoms. The van der Waals surface area contributed by atoms with Gasteiger partial charge in [-0.25, -0.2) is 0 Å². The topological polar surface area (TPSA) is 86.5 Å². The minimum Gasteiger partial charge on any atom is -0.496 e. The number of primary amides is 1. The Morgan fingerprint density at radius 2 is 1.93 bits per heavy atom. The predicted octanol–water partition coefficient (Wildman–Crippen LogP) is 3.60. The number of hydrogen-bond donors (Lipinski definition) is 2. The normalized spacial score (nSPS) is 15.5. The van der Waals surface area contributed by atoms with Gasteiger partial charge in [-0.05, 0) is 79.6 Å². The van der Waals surface area contributed by atoms with Crippen molar-refractivity contribution in [1.29, 1.82) is 0 Å². The quantitative estimate of drug-likeness (QED) is 0.587. The van der Waals surface area contributed by atoms with E-state index < -0.39 is 0 Å². The molecule has 1 aliphatic rings. The van der Waals surface area contributed by atoms with Crippen molar-refractivity contribution in [3.63, 3.8) is 0 Å². The molecule has 1 fully saturated rings. The van der Waals surface area contributed by atoms with Crippen LogP contribution in [-0.2, 0) is 6.42 Å². The zero-order valence-corrected chi connectivity index (χ0v) is 17.5. The number of aryl methyl sites for hydroxylation is 1. The lowest BCUT2D eigenvalue weighted by Crippen LogP contribution is -2.35. The molecular weight excluding hydrogens is 376 g/mol. The molecule has 1 aromatic heterocycles. The lowest BCUT2D eigenvalue weighted by Gasteiger charge is -2.33. The Morgan fingerprint density at radius 3 is 2.67 bits per heavy atom. The van der Waals surface area contributed by atoms with Crippen LogP contribution in [0.3, 0.4) is 0 Å². The van der Waals surface area contributed by atoms with Crippen LogP contribution in [0.5, 0.6) is 5.75 Å². The van der Waals surface area contributed by atoms with E-state index in [2.05, 4.69) is 21.7 Å². The summed E-state index contributed by atoms with van der Waals surface area (Å²) in [7, 11) is 1.71. The number of carbonyl (C=O) groups excluding carboxylic acids is 1. The standard InChI is InChI=1S/C24H30N4O2/c1-30-23-7-6-20(25)15-18(23)3-2-11-27-12-9-21(10-13-27)28-14-8-17-4-5-19(24(26)29)16-22(17)28/h4-8,14-16,21H,2-3,9-13,25H2,1H3,(H2,26,29). The number of rotatable bonds is 7. The minimum absolute atomic E-state index is 0.378. The molecule has 0 bridgehead atoms. The van der Waals surface area contributed by atoms with E-state index in [1.807, 2.05) is 30.3 Å². The van der Waals surface area contributed by atoms with Crippen molar-refractivity contribution < 1.29 is 9.53 Å². The maximum absolute atomic E-state index is 11.6. The van der Waals surface area contributed by atoms with Gasteiger partial charge in [-0.15, -0.1) is 0 Å². The van der Waals surface area contributed by atoms with Gasteiger partial charge in [0.1, 0.15) is 5.75 Å². The number of benzene rings is 2. The van der Waals surface area contributed by atoms with Crippen LogP contribution in [0.4, 0.5) is 5.69 Å². The van der Waals surface area contributed by atoms with E-state index in [1.165, 1.54) is 5.56 Å². The van der Waals surface area contributed by atoms with Crippen molar-refractivity contribution in [3.8, 4) is 5.75 Å². The first-order valence-electron chi connectivity index (χ1n) is 10.6. The molecule has 0 aliphatic carbocycles. The number of likely N-dealkylation sites (tertiary alicyclic amines) is 1. The van der Waals surface area contributed by atoms with Crippen molar-refractivity contribution in [2.75, 3.05) is 32.5 Å². The molecule has 0 atom stereocenters. The van der Waals surface area contributed by atoms with Crippen LogP contribution in [0.25, 0.3) is 10.9 Å². The second-order valence-electron chi connectivity index (χ2n) is 8.11. The summed E-state index contributed by atoms with van der Waals surface area (Å²) in [5.41, 5.74) is 15.0. The molecule has 0 radical (unpaired) electrons. The number of nitrogen functional groups attached to an aromatic ring is 1. The van der Waals surface area contributed by atoms with Crippen LogP contribution >= 0.6 is 0 Å². The first kappa shape index (κ1) is 20.3. The zero-order valence-electron chi connectivity index (χ0n) is 17.5. The van der Waals surface area contributed by atoms with Gasteiger partial charge in [0.15, 0.2) is 0 Å². The Morgan fingerprint density at radius 1 is 1.13 bits per heavy atom. The van der Waals surface area contributed by atoms with Gasteiger partial charge in [-0.3, -0.25) is 4.79 Å². The SMILES string of the molecule is COc1ccc(N)cc1CCCN1CCC(n2ccc3ccc(C(N)=O)cc32)CC1. The van der Waals surface area contributed by atoms with Crippen molar-refractivity contribution in [2.24, 2.45) is 5.73 Å². The van der Waals surface area contributed by atoms with E-state index in [-0.39, 0.29) is 5.91 Å². The van der Waals surface area contributed by atoms with Crippen LogP contribution in [-0.4, -0.2) is 42.1 Å². The molecule has 0 saturated carbocycles. The highest BCUT2D eigenvalue weighted by molar-refractivity contribution is 5.97. The highest BCUT2D eigenvalue weighted by Gasteiger charge is 2.21. The summed E-state index contributed by atoms with van der Waals surface area (Å²) < 4.78 is 7.77. The van der Waals surface area contributed by atoms with Crippen LogP contribution in [0.1, 0.15) is 41.2 Å². The summed E-state index contributed by atoms with van der Waals surface area (Å²) in [6.45, 7) is 3.23. The Bertz CT molecular complexity index is 1030. The molecule has 30 heavy (non-hydrogen) atoms.